The van der Waals surface area contributed by atoms with Gasteiger partial charge in [-0.15, -0.1) is 0 Å². The molecule has 23 heavy (non-hydrogen) atoms. The van der Waals surface area contributed by atoms with Gasteiger partial charge in [-0.1, -0.05) is 36.4 Å². The summed E-state index contributed by atoms with van der Waals surface area (Å²) < 4.78 is 0. The van der Waals surface area contributed by atoms with Gasteiger partial charge in [-0.05, 0) is 51.0 Å². The molecule has 0 saturated heterocycles. The van der Waals surface area contributed by atoms with E-state index in [2.05, 4.69) is 0 Å². The van der Waals surface area contributed by atoms with Gasteiger partial charge in [0.1, 0.15) is 11.5 Å². The van der Waals surface area contributed by atoms with Crippen LogP contribution in [0.15, 0.2) is 48.5 Å². The minimum atomic E-state index is 0. The Hall–Kier alpha value is -1.33. The third kappa shape index (κ3) is 16.9. The van der Waals surface area contributed by atoms with Crippen LogP contribution in [0.25, 0.3) is 0 Å². The fraction of sp³-hybridized carbons (Fsp3) is 0.333. The van der Waals surface area contributed by atoms with Crippen LogP contribution in [0.1, 0.15) is 25.0 Å². The Kier molecular flexibility index (Phi) is 21.6. The van der Waals surface area contributed by atoms with Crippen LogP contribution in [0.4, 0.5) is 0 Å². The molecule has 0 atom stereocenters. The van der Waals surface area contributed by atoms with E-state index in [0.29, 0.717) is 11.5 Å². The molecule has 0 amide bonds. The fourth-order valence-electron chi connectivity index (χ4n) is 1.13. The largest absolute Gasteiger partial charge is 0.508 e. The summed E-state index contributed by atoms with van der Waals surface area (Å²) in [7, 11) is 0. The number of phenolic OH excluding ortho intramolecular Hbond substituents is 2. The Balaban J connectivity index is -0.000000253. The van der Waals surface area contributed by atoms with Crippen LogP contribution in [0.3, 0.4) is 0 Å². The molecule has 0 fully saturated rings. The number of benzene rings is 2. The molecule has 2 aromatic carbocycles. The zero-order chi connectivity index (χ0) is 17.4. The second-order valence-electron chi connectivity index (χ2n) is 4.21. The van der Waals surface area contributed by atoms with Crippen molar-refractivity contribution in [1.82, 2.24) is 0 Å². The standard InChI is InChI=1S/2C7H8O.2C2H6O.Ti/c2*1-6-4-2-3-5-7(6)8;2*1-2-3;/h2*2-5,8H,1H3;2*3H,2H2,1H3;. The van der Waals surface area contributed by atoms with Crippen molar-refractivity contribution in [3.05, 3.63) is 59.7 Å². The quantitative estimate of drug-likeness (QED) is 0.546. The molecular formula is C18H28O4Ti. The summed E-state index contributed by atoms with van der Waals surface area (Å²) in [6.45, 7) is 7.60. The summed E-state index contributed by atoms with van der Waals surface area (Å²) in [4.78, 5) is 0. The van der Waals surface area contributed by atoms with E-state index in [1.807, 2.05) is 50.2 Å². The number of aliphatic hydroxyl groups excluding tert-OH is 2. The molecule has 0 unspecified atom stereocenters. The molecule has 0 bridgehead atoms. The predicted octanol–water partition coefficient (Wildman–Crippen LogP) is 3.40. The van der Waals surface area contributed by atoms with Crippen LogP contribution in [0, 0.1) is 13.8 Å². The number of aliphatic hydroxyl groups is 2. The van der Waals surface area contributed by atoms with E-state index in [4.69, 9.17) is 20.4 Å². The summed E-state index contributed by atoms with van der Waals surface area (Å²) in [5.74, 6) is 0.736. The molecule has 4 nitrogen and oxygen atoms in total. The van der Waals surface area contributed by atoms with Gasteiger partial charge in [0.15, 0.2) is 0 Å². The van der Waals surface area contributed by atoms with E-state index in [9.17, 15) is 0 Å². The van der Waals surface area contributed by atoms with Crippen molar-refractivity contribution in [2.45, 2.75) is 27.7 Å². The third-order valence-electron chi connectivity index (χ3n) is 2.23. The summed E-state index contributed by atoms with van der Waals surface area (Å²) in [6, 6.07) is 14.5. The van der Waals surface area contributed by atoms with Crippen LogP contribution in [-0.4, -0.2) is 33.6 Å². The fourth-order valence-corrected chi connectivity index (χ4v) is 1.13. The van der Waals surface area contributed by atoms with E-state index >= 15 is 0 Å². The molecule has 0 heterocycles. The van der Waals surface area contributed by atoms with Crippen molar-refractivity contribution < 1.29 is 42.1 Å². The van der Waals surface area contributed by atoms with E-state index in [1.54, 1.807) is 26.0 Å². The van der Waals surface area contributed by atoms with Crippen LogP contribution in [0.5, 0.6) is 11.5 Å². The molecular weight excluding hydrogens is 328 g/mol. The van der Waals surface area contributed by atoms with Crippen LogP contribution < -0.4 is 0 Å². The smallest absolute Gasteiger partial charge is 0.118 e. The third-order valence-corrected chi connectivity index (χ3v) is 2.23. The summed E-state index contributed by atoms with van der Waals surface area (Å²) in [5.41, 5.74) is 1.85. The zero-order valence-electron chi connectivity index (χ0n) is 14.3. The van der Waals surface area contributed by atoms with Gasteiger partial charge in [-0.2, -0.15) is 0 Å². The van der Waals surface area contributed by atoms with E-state index in [0.717, 1.165) is 11.1 Å². The molecule has 2 aromatic rings. The molecule has 0 aliphatic carbocycles. The van der Waals surface area contributed by atoms with Gasteiger partial charge >= 0.3 is 0 Å². The number of phenols is 2. The van der Waals surface area contributed by atoms with E-state index in [1.165, 1.54) is 0 Å². The number of aromatic hydroxyl groups is 2. The SMILES string of the molecule is CCO.CCO.Cc1ccccc1O.Cc1ccccc1O.[Ti]. The Labute approximate surface area is 154 Å². The molecule has 2 rings (SSSR count). The number of aryl methyl sites for hydroxylation is 2. The molecule has 0 saturated carbocycles. The first-order valence-corrected chi connectivity index (χ1v) is 7.15. The Bertz CT molecular complexity index is 402. The molecule has 5 heteroatoms. The van der Waals surface area contributed by atoms with Gasteiger partial charge in [0, 0.05) is 34.9 Å². The summed E-state index contributed by atoms with van der Waals surface area (Å²) in [5, 5.41) is 33.0. The predicted molar refractivity (Wildman–Crippen MR) is 91.2 cm³/mol. The average Bonchev–Trinajstić information content (AvgIpc) is 2.48. The first-order valence-electron chi connectivity index (χ1n) is 7.15. The second-order valence-corrected chi connectivity index (χ2v) is 4.21. The molecule has 4 N–H and O–H groups in total. The van der Waals surface area contributed by atoms with Crippen molar-refractivity contribution in [1.29, 1.82) is 0 Å². The zero-order valence-corrected chi connectivity index (χ0v) is 15.9. The number of hydrogen-bond acceptors (Lipinski definition) is 4. The van der Waals surface area contributed by atoms with Gasteiger partial charge in [-0.3, -0.25) is 0 Å². The first-order chi connectivity index (χ1) is 10.4. The van der Waals surface area contributed by atoms with Gasteiger partial charge in [0.2, 0.25) is 0 Å². The van der Waals surface area contributed by atoms with Gasteiger partial charge in [0.25, 0.3) is 0 Å². The number of hydrogen-bond donors (Lipinski definition) is 4. The van der Waals surface area contributed by atoms with E-state index < -0.39 is 0 Å². The molecule has 0 aliphatic heterocycles. The van der Waals surface area contributed by atoms with Crippen molar-refractivity contribution in [3.8, 4) is 11.5 Å². The van der Waals surface area contributed by atoms with Gasteiger partial charge in [0.05, 0.1) is 0 Å². The van der Waals surface area contributed by atoms with Crippen molar-refractivity contribution in [2.24, 2.45) is 0 Å². The Morgan fingerprint density at radius 2 is 0.870 bits per heavy atom. The summed E-state index contributed by atoms with van der Waals surface area (Å²) in [6.07, 6.45) is 0. The second kappa shape index (κ2) is 18.7. The molecule has 0 aromatic heterocycles. The minimum Gasteiger partial charge on any atom is -0.508 e. The molecule has 0 radical (unpaired) electrons. The maximum Gasteiger partial charge on any atom is 0.118 e. The van der Waals surface area contributed by atoms with Crippen molar-refractivity contribution >= 4 is 0 Å². The number of rotatable bonds is 0. The Morgan fingerprint density at radius 3 is 1.00 bits per heavy atom. The monoisotopic (exact) mass is 356 g/mol. The van der Waals surface area contributed by atoms with Gasteiger partial charge < -0.3 is 20.4 Å². The van der Waals surface area contributed by atoms with Crippen molar-refractivity contribution in [2.75, 3.05) is 13.2 Å². The normalized spacial score (nSPS) is 7.91. The summed E-state index contributed by atoms with van der Waals surface area (Å²) >= 11 is 0. The Morgan fingerprint density at radius 1 is 0.652 bits per heavy atom. The topological polar surface area (TPSA) is 80.9 Å². The molecule has 0 aliphatic rings. The first kappa shape index (κ1) is 26.6. The van der Waals surface area contributed by atoms with Crippen LogP contribution in [-0.2, 0) is 21.7 Å². The van der Waals surface area contributed by atoms with Crippen LogP contribution >= 0.6 is 0 Å². The van der Waals surface area contributed by atoms with E-state index in [-0.39, 0.29) is 34.9 Å². The maximum absolute atomic E-state index is 8.92. The molecule has 0 spiro atoms. The van der Waals surface area contributed by atoms with Gasteiger partial charge in [-0.25, -0.2) is 0 Å². The minimum absolute atomic E-state index is 0. The van der Waals surface area contributed by atoms with Crippen molar-refractivity contribution in [3.63, 3.8) is 0 Å². The maximum atomic E-state index is 8.92. The van der Waals surface area contributed by atoms with Crippen LogP contribution in [0.2, 0.25) is 0 Å². The molecule has 128 valence electrons. The number of para-hydroxylation sites is 2. The average molecular weight is 356 g/mol.